The number of nitrogen functional groups attached to an aromatic ring is 1. The van der Waals surface area contributed by atoms with Crippen LogP contribution in [0.4, 0.5) is 29.2 Å². The number of carbonyl (C=O) groups excluding carboxylic acids is 6. The van der Waals surface area contributed by atoms with Crippen LogP contribution in [0.2, 0.25) is 0 Å². The Morgan fingerprint density at radius 3 is 1.05 bits per heavy atom. The number of benzene rings is 7. The molecular weight excluding hydrogens is 1960 g/mol. The Hall–Kier alpha value is -15.6. The number of aromatic carboxylic acids is 1. The van der Waals surface area contributed by atoms with E-state index in [-0.39, 0.29) is 150 Å². The number of ether oxygens (including phenoxy) is 12. The van der Waals surface area contributed by atoms with Crippen LogP contribution < -0.4 is 25.3 Å². The first-order valence-corrected chi connectivity index (χ1v) is 45.9. The molecule has 15 rings (SSSR count). The van der Waals surface area contributed by atoms with Gasteiger partial charge in [0.25, 0.3) is 0 Å². The number of halogens is 5. The smallest absolute Gasteiger partial charge is 0.361 e. The van der Waals surface area contributed by atoms with Crippen LogP contribution in [0.25, 0.3) is 43.6 Å². The second kappa shape index (κ2) is 52.0. The number of aromatic nitrogens is 8. The topological polar surface area (TPSA) is 412 Å². The van der Waals surface area contributed by atoms with Crippen LogP contribution in [0.5, 0.6) is 23.0 Å². The van der Waals surface area contributed by atoms with Crippen LogP contribution in [0.3, 0.4) is 0 Å². The number of amides is 1. The number of carbonyl (C=O) groups is 7. The summed E-state index contributed by atoms with van der Waals surface area (Å²) in [6.07, 6.45) is 5.60. The van der Waals surface area contributed by atoms with Crippen LogP contribution in [-0.2, 0) is 97.7 Å². The molecule has 143 heavy (non-hydrogen) atoms. The average molecular weight is 2070 g/mol. The number of nitrogens with one attached hydrogen (secondary N) is 1. The van der Waals surface area contributed by atoms with E-state index in [9.17, 15) is 61.3 Å². The van der Waals surface area contributed by atoms with Crippen molar-refractivity contribution in [2.75, 3.05) is 72.5 Å². The van der Waals surface area contributed by atoms with E-state index in [1.807, 2.05) is 103 Å². The number of nitrogens with zero attached hydrogens (tertiary/aromatic N) is 8. The number of hydrogen-bond acceptors (Lipinski definition) is 29. The second-order valence-corrected chi connectivity index (χ2v) is 33.6. The third-order valence-electron chi connectivity index (χ3n) is 21.1. The highest BCUT2D eigenvalue weighted by Gasteiger charge is 2.32. The van der Waals surface area contributed by atoms with Crippen molar-refractivity contribution in [3.63, 3.8) is 0 Å². The third-order valence-corrected chi connectivity index (χ3v) is 21.9. The monoisotopic (exact) mass is 2060 g/mol. The average Bonchev–Trinajstić information content (AvgIpc) is 0.861. The number of rotatable bonds is 38. The molecule has 0 saturated carbocycles. The maximum absolute atomic E-state index is 13.3. The van der Waals surface area contributed by atoms with Gasteiger partial charge in [0.2, 0.25) is 5.91 Å². The van der Waals surface area contributed by atoms with Crippen molar-refractivity contribution < 1.29 is 118 Å². The molecule has 0 radical (unpaired) electrons. The molecule has 0 saturated heterocycles. The van der Waals surface area contributed by atoms with E-state index in [4.69, 9.17) is 62.6 Å². The SMILES string of the molecule is CCOC(=O)CC(=O)Nc1nc(C(=O)OC(C)COC)c(O)c2ncc(Cc3ccc(F)cc3)cc12.COCC(C)OC(=O)c1nc(C(=O)O)c2cc(Cc3ccc(F)cc3)cnc2c1OCc1ccccc1.COCC(C)OC(=O)c1nc(I)c2cc(Cc3ccc(F)cc3)cnc2c1OCc1ccccc1.COCC(C)OC(=O)c1nc(N)c2cc(Cc3ccc(F)cc3)cnc2c1OCc1ccccc1. The van der Waals surface area contributed by atoms with E-state index in [0.717, 1.165) is 55.5 Å². The number of aromatic hydroxyl groups is 1. The molecule has 0 bridgehead atoms. The highest BCUT2D eigenvalue weighted by atomic mass is 127. The van der Waals surface area contributed by atoms with Crippen LogP contribution in [0.1, 0.15) is 155 Å². The number of carboxylic acid groups (broad SMARTS) is 1. The van der Waals surface area contributed by atoms with Crippen molar-refractivity contribution in [3.05, 3.63) is 354 Å². The van der Waals surface area contributed by atoms with Gasteiger partial charge in [0.05, 0.1) is 33.0 Å². The highest BCUT2D eigenvalue weighted by Crippen LogP contribution is 2.39. The van der Waals surface area contributed by atoms with E-state index in [0.29, 0.717) is 56.9 Å². The molecule has 31 nitrogen and oxygen atoms in total. The summed E-state index contributed by atoms with van der Waals surface area (Å²) < 4.78 is 118. The van der Waals surface area contributed by atoms with Crippen LogP contribution >= 0.6 is 22.6 Å². The summed E-state index contributed by atoms with van der Waals surface area (Å²) in [6.45, 7) is 9.74. The Labute approximate surface area is 832 Å². The normalized spacial score (nSPS) is 11.8. The molecule has 740 valence electrons. The second-order valence-electron chi connectivity index (χ2n) is 32.6. The predicted octanol–water partition coefficient (Wildman–Crippen LogP) is 18.4. The zero-order valence-electron chi connectivity index (χ0n) is 79.2. The number of methoxy groups -OCH3 is 4. The molecule has 0 fully saturated rings. The van der Waals surface area contributed by atoms with Gasteiger partial charge in [0, 0.05) is 74.8 Å². The molecule has 0 aliphatic rings. The molecule has 36 heteroatoms. The Balaban J connectivity index is 0.000000170. The molecule has 8 aromatic heterocycles. The fraction of sp³-hybridized carbons (Fsp3) is 0.243. The number of carboxylic acids is 1. The van der Waals surface area contributed by atoms with E-state index in [2.05, 4.69) is 67.8 Å². The van der Waals surface area contributed by atoms with Gasteiger partial charge < -0.3 is 78.1 Å². The summed E-state index contributed by atoms with van der Waals surface area (Å²) in [5.74, 6) is -7.18. The third kappa shape index (κ3) is 30.2. The van der Waals surface area contributed by atoms with Crippen LogP contribution in [-0.4, -0.2) is 178 Å². The lowest BCUT2D eigenvalue weighted by Gasteiger charge is -2.17. The summed E-state index contributed by atoms with van der Waals surface area (Å²) in [5, 5.41) is 24.9. The number of anilines is 2. The molecule has 15 aromatic rings. The van der Waals surface area contributed by atoms with Crippen molar-refractivity contribution in [1.29, 1.82) is 0 Å². The van der Waals surface area contributed by atoms with Crippen molar-refractivity contribution in [3.8, 4) is 23.0 Å². The standard InChI is InChI=1S/C28H25FN2O6.C27H24FIN2O4.C27H26FN3O4.C25H26FN3O7/c1-17(15-35-2)37-28(34)25-26(36-16-19-6-4-3-5-7-19)23-22(24(31-25)27(32)33)13-20(14-30-23)12-18-8-10-21(29)11-9-18;2*1-17(15-33-2)35-27(32)24-25(34-16-19-6-4-3-5-7-19)23-22(26(29)31-24)13-20(14-30-23)12-18-8-10-21(28)11-9-18;1-4-35-20(31)11-19(30)28-24-18-10-16(9-15-5-7-17(26)8-6-15)12-27-21(18)23(32)22(29-24)25(33)36-14(2)13-34-3/h3-11,13-14,17H,12,15-16H2,1-2H3,(H,32,33);3-11,13-14,17H,12,15-16H2,1-2H3;3-11,13-14,17H,12,15-16H2,1-2H3,(H2,29,31);5-8,10,12,14,32H,4,9,11,13H2,1-3H3,(H,28,29,30). The Bertz CT molecular complexity index is 6760. The van der Waals surface area contributed by atoms with Gasteiger partial charge in [-0.25, -0.2) is 61.5 Å². The largest absolute Gasteiger partial charge is 0.504 e. The lowest BCUT2D eigenvalue weighted by Crippen LogP contribution is -2.22. The molecule has 5 N–H and O–H groups in total. The molecule has 1 amide bonds. The number of esters is 5. The van der Waals surface area contributed by atoms with Gasteiger partial charge in [-0.05, 0) is 217 Å². The van der Waals surface area contributed by atoms with Gasteiger partial charge in [-0.1, -0.05) is 140 Å². The molecule has 8 heterocycles. The minimum absolute atomic E-state index is 0.00867. The number of hydrogen-bond donors (Lipinski definition) is 4. The first-order chi connectivity index (χ1) is 68.9. The summed E-state index contributed by atoms with van der Waals surface area (Å²) in [4.78, 5) is 123. The van der Waals surface area contributed by atoms with Gasteiger partial charge in [0.1, 0.15) is 111 Å². The summed E-state index contributed by atoms with van der Waals surface area (Å²) in [7, 11) is 5.99. The summed E-state index contributed by atoms with van der Waals surface area (Å²) in [5.41, 5.74) is 15.6. The van der Waals surface area contributed by atoms with Crippen molar-refractivity contribution in [2.24, 2.45) is 0 Å². The lowest BCUT2D eigenvalue weighted by molar-refractivity contribution is -0.145. The maximum Gasteiger partial charge on any atom is 0.361 e. The van der Waals surface area contributed by atoms with Gasteiger partial charge >= 0.3 is 35.8 Å². The Morgan fingerprint density at radius 2 is 0.692 bits per heavy atom. The van der Waals surface area contributed by atoms with Gasteiger partial charge in [-0.3, -0.25) is 29.5 Å². The zero-order chi connectivity index (χ0) is 102. The molecule has 4 unspecified atom stereocenters. The first-order valence-electron chi connectivity index (χ1n) is 44.8. The number of pyridine rings is 8. The van der Waals surface area contributed by atoms with E-state index < -0.39 is 84.0 Å². The molecule has 7 aromatic carbocycles. The Morgan fingerprint density at radius 1 is 0.378 bits per heavy atom. The maximum atomic E-state index is 13.3. The number of fused-ring (bicyclic) bond motifs is 4. The van der Waals surface area contributed by atoms with E-state index in [1.165, 1.54) is 76.1 Å². The fourth-order valence-electron chi connectivity index (χ4n) is 14.5. The number of nitrogens with two attached hydrogens (primary N) is 1. The Kier molecular flexibility index (Phi) is 38.7. The zero-order valence-corrected chi connectivity index (χ0v) is 81.4. The first kappa shape index (κ1) is 106. The predicted molar refractivity (Wildman–Crippen MR) is 530 cm³/mol. The van der Waals surface area contributed by atoms with Gasteiger partial charge in [0.15, 0.2) is 51.5 Å². The molecule has 0 aliphatic heterocycles. The van der Waals surface area contributed by atoms with E-state index >= 15 is 0 Å². The molecule has 4 atom stereocenters. The molecule has 0 spiro atoms. The van der Waals surface area contributed by atoms with Gasteiger partial charge in [-0.2, -0.15) is 0 Å². The highest BCUT2D eigenvalue weighted by molar-refractivity contribution is 14.1. The fourth-order valence-corrected chi connectivity index (χ4v) is 15.2. The van der Waals surface area contributed by atoms with Crippen LogP contribution in [0, 0.1) is 27.0 Å². The molecular formula is C107H101F4IN10O21. The van der Waals surface area contributed by atoms with Crippen molar-refractivity contribution in [2.45, 2.75) is 111 Å². The summed E-state index contributed by atoms with van der Waals surface area (Å²) in [6, 6.07) is 60.1. The van der Waals surface area contributed by atoms with Crippen LogP contribution in [0.15, 0.2) is 237 Å². The minimum atomic E-state index is -1.33. The summed E-state index contributed by atoms with van der Waals surface area (Å²) >= 11 is 2.09. The van der Waals surface area contributed by atoms with Crippen molar-refractivity contribution in [1.82, 2.24) is 39.9 Å². The molecule has 0 aliphatic carbocycles. The minimum Gasteiger partial charge on any atom is -0.504 e. The lowest BCUT2D eigenvalue weighted by atomic mass is 10.0. The van der Waals surface area contributed by atoms with Gasteiger partial charge in [-0.15, -0.1) is 0 Å². The van der Waals surface area contributed by atoms with E-state index in [1.54, 1.807) is 121 Å². The quantitative estimate of drug-likeness (QED) is 0.00697. The van der Waals surface area contributed by atoms with Crippen molar-refractivity contribution >= 4 is 120 Å².